The van der Waals surface area contributed by atoms with E-state index in [-0.39, 0.29) is 22.0 Å². The largest absolute Gasteiger partial charge is 2.00 e. The maximum atomic E-state index is 8.52. The summed E-state index contributed by atoms with van der Waals surface area (Å²) in [4.78, 5) is 0. The molecule has 0 aromatic heterocycles. The van der Waals surface area contributed by atoms with Crippen molar-refractivity contribution in [2.45, 2.75) is 0 Å². The smallest absolute Gasteiger partial charge is 0.759 e. The van der Waals surface area contributed by atoms with E-state index in [4.69, 9.17) is 17.5 Å². The van der Waals surface area contributed by atoms with E-state index in [0.29, 0.717) is 0 Å². The molecule has 0 aromatic carbocycles. The van der Waals surface area contributed by atoms with E-state index < -0.39 is 10.4 Å². The Hall–Kier alpha value is 0.324. The Morgan fingerprint density at radius 2 is 1.14 bits per heavy atom. The van der Waals surface area contributed by atoms with Crippen LogP contribution in [0.4, 0.5) is 0 Å². The molecule has 0 aliphatic heterocycles. The second-order valence-corrected chi connectivity index (χ2v) is 1.22. The van der Waals surface area contributed by atoms with Crippen LogP contribution in [0.5, 0.6) is 0 Å². The molecule has 0 amide bonds. The molecule has 0 atom stereocenters. The molecule has 0 aliphatic rings. The van der Waals surface area contributed by atoms with Crippen molar-refractivity contribution in [3.8, 4) is 0 Å². The van der Waals surface area contributed by atoms with Gasteiger partial charge in [0.2, 0.25) is 0 Å². The molecule has 7 heavy (non-hydrogen) atoms. The third-order valence-corrected chi connectivity index (χ3v) is 0. The molecule has 0 heterocycles. The molecule has 0 fully saturated rings. The molecule has 0 saturated carbocycles. The maximum absolute atomic E-state index is 8.52. The van der Waals surface area contributed by atoms with Crippen LogP contribution in [0.1, 0.15) is 0 Å². The predicted octanol–water partition coefficient (Wildman–Crippen LogP) is -2.17. The number of hydrogen-bond acceptors (Lipinski definition) is 4. The van der Waals surface area contributed by atoms with Crippen molar-refractivity contribution in [3.05, 3.63) is 0 Å². The van der Waals surface area contributed by atoms with Crippen LogP contribution in [-0.2, 0) is 26.9 Å². The quantitative estimate of drug-likeness (QED) is 0.235. The van der Waals surface area contributed by atoms with Gasteiger partial charge in [0, 0.05) is 10.4 Å². The minimum absolute atomic E-state index is 0. The predicted molar refractivity (Wildman–Crippen MR) is 14.1 cm³/mol. The summed E-state index contributed by atoms with van der Waals surface area (Å²) in [5.74, 6) is 0. The van der Waals surface area contributed by atoms with Crippen LogP contribution in [-0.4, -0.2) is 23.0 Å². The van der Waals surface area contributed by atoms with Crippen LogP contribution in [0, 0.1) is 0 Å². The van der Waals surface area contributed by atoms with Crippen molar-refractivity contribution >= 4 is 10.4 Å². The molecule has 0 rings (SSSR count). The fourth-order valence-electron chi connectivity index (χ4n) is 0. The van der Waals surface area contributed by atoms with Gasteiger partial charge in [-0.2, -0.15) is 0 Å². The Bertz CT molecular complexity index is 91.2. The zero-order chi connectivity index (χ0) is 4.50. The fraction of sp³-hybridized carbons (Fsp3) is 0. The first-order valence-electron chi connectivity index (χ1n) is 0.667. The molecule has 2 N–H and O–H groups in total. The molecule has 0 aromatic rings. The van der Waals surface area contributed by atoms with E-state index in [2.05, 4.69) is 0 Å². The zero-order valence-electron chi connectivity index (χ0n) is 2.86. The van der Waals surface area contributed by atoms with Crippen LogP contribution in [0.25, 0.3) is 0 Å². The van der Waals surface area contributed by atoms with E-state index >= 15 is 0 Å². The van der Waals surface area contributed by atoms with Crippen molar-refractivity contribution < 1.29 is 39.5 Å². The summed E-state index contributed by atoms with van der Waals surface area (Å²) in [6.45, 7) is 0. The molecule has 0 bridgehead atoms. The van der Waals surface area contributed by atoms with Crippen LogP contribution < -0.4 is 0 Å². The van der Waals surface area contributed by atoms with Gasteiger partial charge in [0.25, 0.3) is 0 Å². The van der Waals surface area contributed by atoms with E-state index in [1.807, 2.05) is 0 Å². The Kier molecular flexibility index (Phi) is 10.0. The first-order chi connectivity index (χ1) is 2.00. The average Bonchev–Trinajstić information content (AvgIpc) is 0.722. The second-order valence-electron chi connectivity index (χ2n) is 0.408. The van der Waals surface area contributed by atoms with Crippen molar-refractivity contribution in [3.63, 3.8) is 0 Å². The molecule has 0 aliphatic carbocycles. The topological polar surface area (TPSA) is 112 Å². The molecule has 0 radical (unpaired) electrons. The second kappa shape index (κ2) is 4.48. The molecular formula is H2NiO5S. The van der Waals surface area contributed by atoms with Gasteiger partial charge in [-0.25, -0.2) is 0 Å². The summed E-state index contributed by atoms with van der Waals surface area (Å²) in [5, 5.41) is 0. The molecule has 5 nitrogen and oxygen atoms in total. The van der Waals surface area contributed by atoms with Crippen molar-refractivity contribution in [1.82, 2.24) is 0 Å². The first kappa shape index (κ1) is 15.7. The number of hydrogen-bond donors (Lipinski definition) is 0. The van der Waals surface area contributed by atoms with Gasteiger partial charge in [-0.15, -0.1) is 0 Å². The Balaban J connectivity index is -0.0000000800. The zero-order valence-corrected chi connectivity index (χ0v) is 4.66. The number of rotatable bonds is 0. The summed E-state index contributed by atoms with van der Waals surface area (Å²) < 4.78 is 34.1. The van der Waals surface area contributed by atoms with Crippen molar-refractivity contribution in [2.75, 3.05) is 0 Å². The maximum Gasteiger partial charge on any atom is 2.00 e. The van der Waals surface area contributed by atoms with Gasteiger partial charge < -0.3 is 14.6 Å². The van der Waals surface area contributed by atoms with E-state index in [1.54, 1.807) is 0 Å². The molecule has 48 valence electrons. The monoisotopic (exact) mass is 172 g/mol. The summed E-state index contributed by atoms with van der Waals surface area (Å²) in [6, 6.07) is 0. The summed E-state index contributed by atoms with van der Waals surface area (Å²) in [6.07, 6.45) is 0. The first-order valence-corrected chi connectivity index (χ1v) is 2.00. The van der Waals surface area contributed by atoms with E-state index in [0.717, 1.165) is 0 Å². The SMILES string of the molecule is O.O=S(=O)([O-])[O-].[Ni+2]. The van der Waals surface area contributed by atoms with E-state index in [9.17, 15) is 0 Å². The Labute approximate surface area is 50.5 Å². The van der Waals surface area contributed by atoms with Gasteiger partial charge in [-0.05, 0) is 0 Å². The summed E-state index contributed by atoms with van der Waals surface area (Å²) >= 11 is 0. The summed E-state index contributed by atoms with van der Waals surface area (Å²) in [7, 11) is -5.17. The molecule has 0 spiro atoms. The summed E-state index contributed by atoms with van der Waals surface area (Å²) in [5.41, 5.74) is 0. The average molecular weight is 173 g/mol. The van der Waals surface area contributed by atoms with Gasteiger partial charge >= 0.3 is 16.5 Å². The van der Waals surface area contributed by atoms with Gasteiger partial charge in [0.15, 0.2) is 0 Å². The third-order valence-electron chi connectivity index (χ3n) is 0. The van der Waals surface area contributed by atoms with Crippen LogP contribution in [0.2, 0.25) is 0 Å². The van der Waals surface area contributed by atoms with Crippen LogP contribution in [0.15, 0.2) is 0 Å². The van der Waals surface area contributed by atoms with Crippen molar-refractivity contribution in [1.29, 1.82) is 0 Å². The molecule has 0 saturated heterocycles. The normalized spacial score (nSPS) is 8.29. The van der Waals surface area contributed by atoms with Gasteiger partial charge in [0.1, 0.15) is 0 Å². The molecular weight excluding hydrogens is 171 g/mol. The van der Waals surface area contributed by atoms with Gasteiger partial charge in [-0.3, -0.25) is 8.42 Å². The van der Waals surface area contributed by atoms with Gasteiger partial charge in [0.05, 0.1) is 0 Å². The molecule has 7 heteroatoms. The van der Waals surface area contributed by atoms with Crippen molar-refractivity contribution in [2.24, 2.45) is 0 Å². The minimum atomic E-state index is -5.17. The standard InChI is InChI=1S/Ni.H2O4S.H2O/c;1-5(2,3)4;/h;(H2,1,2,3,4);1H2/q+2;;/p-2. The minimum Gasteiger partial charge on any atom is -0.759 e. The van der Waals surface area contributed by atoms with E-state index in [1.165, 1.54) is 0 Å². The Morgan fingerprint density at radius 3 is 1.14 bits per heavy atom. The van der Waals surface area contributed by atoms with Gasteiger partial charge in [-0.1, -0.05) is 0 Å². The van der Waals surface area contributed by atoms with Crippen LogP contribution in [0.3, 0.4) is 0 Å². The molecule has 0 unspecified atom stereocenters. The third kappa shape index (κ3) is 1130. The van der Waals surface area contributed by atoms with Crippen LogP contribution >= 0.6 is 0 Å². The fourth-order valence-corrected chi connectivity index (χ4v) is 0. The Morgan fingerprint density at radius 1 is 1.14 bits per heavy atom.